The molecule has 3 aromatic rings. The maximum atomic E-state index is 13.8. The minimum atomic E-state index is -0.674. The Hall–Kier alpha value is -2.25. The predicted octanol–water partition coefficient (Wildman–Crippen LogP) is 5.20. The van der Waals surface area contributed by atoms with Crippen molar-refractivity contribution in [2.75, 3.05) is 0 Å². The Morgan fingerprint density at radius 1 is 1.23 bits per heavy atom. The minimum absolute atomic E-state index is 0.246. The highest BCUT2D eigenvalue weighted by atomic mass is 32.2. The van der Waals surface area contributed by atoms with Crippen LogP contribution in [0.3, 0.4) is 0 Å². The van der Waals surface area contributed by atoms with Gasteiger partial charge in [-0.15, -0.1) is 23.1 Å². The number of thiazole rings is 1. The monoisotopic (exact) mass is 390 g/mol. The van der Waals surface area contributed by atoms with Crippen LogP contribution in [0, 0.1) is 11.6 Å². The summed E-state index contributed by atoms with van der Waals surface area (Å²) in [6.45, 7) is 1.66. The van der Waals surface area contributed by atoms with Gasteiger partial charge in [0.2, 0.25) is 0 Å². The van der Waals surface area contributed by atoms with E-state index in [2.05, 4.69) is 10.3 Å². The second kappa shape index (κ2) is 8.42. The summed E-state index contributed by atoms with van der Waals surface area (Å²) in [6.07, 6.45) is 0. The molecule has 7 heteroatoms. The fourth-order valence-corrected chi connectivity index (χ4v) is 3.84. The van der Waals surface area contributed by atoms with Crippen molar-refractivity contribution >= 4 is 29.0 Å². The van der Waals surface area contributed by atoms with Crippen molar-refractivity contribution in [1.82, 2.24) is 10.3 Å². The zero-order chi connectivity index (χ0) is 18.5. The largest absolute Gasteiger partial charge is 0.345 e. The first-order valence-electron chi connectivity index (χ1n) is 7.88. The molecule has 26 heavy (non-hydrogen) atoms. The number of nitrogens with one attached hydrogen (secondary N) is 1. The number of hydrogen-bond donors (Lipinski definition) is 1. The Labute approximate surface area is 158 Å². The lowest BCUT2D eigenvalue weighted by Gasteiger charge is -2.15. The summed E-state index contributed by atoms with van der Waals surface area (Å²) in [6, 6.07) is 9.96. The van der Waals surface area contributed by atoms with E-state index in [0.717, 1.165) is 22.4 Å². The number of amides is 1. The van der Waals surface area contributed by atoms with Gasteiger partial charge >= 0.3 is 0 Å². The van der Waals surface area contributed by atoms with Crippen molar-refractivity contribution in [1.29, 1.82) is 0 Å². The number of carbonyl (C=O) groups excluding carboxylic acids is 1. The molecule has 0 aliphatic carbocycles. The van der Waals surface area contributed by atoms with E-state index in [-0.39, 0.29) is 11.5 Å². The highest BCUT2D eigenvalue weighted by Crippen LogP contribution is 2.23. The molecule has 0 aliphatic heterocycles. The SMILES string of the molecule is CC(NC(=O)c1ccc(SCc2cscn2)cc1)c1ccc(F)cc1F. The van der Waals surface area contributed by atoms with E-state index < -0.39 is 17.7 Å². The van der Waals surface area contributed by atoms with E-state index in [9.17, 15) is 13.6 Å². The number of rotatable bonds is 6. The Morgan fingerprint density at radius 2 is 2.00 bits per heavy atom. The van der Waals surface area contributed by atoms with E-state index in [4.69, 9.17) is 0 Å². The number of benzene rings is 2. The second-order valence-electron chi connectivity index (χ2n) is 5.65. The normalized spacial score (nSPS) is 12.0. The third kappa shape index (κ3) is 4.68. The summed E-state index contributed by atoms with van der Waals surface area (Å²) in [5, 5.41) is 4.73. The number of aromatic nitrogens is 1. The highest BCUT2D eigenvalue weighted by molar-refractivity contribution is 7.98. The fraction of sp³-hybridized carbons (Fsp3) is 0.158. The molecular formula is C19H16F2N2OS2. The highest BCUT2D eigenvalue weighted by Gasteiger charge is 2.15. The number of carbonyl (C=O) groups is 1. The topological polar surface area (TPSA) is 42.0 Å². The van der Waals surface area contributed by atoms with Gasteiger partial charge in [0.05, 0.1) is 17.2 Å². The van der Waals surface area contributed by atoms with Gasteiger partial charge in [-0.25, -0.2) is 13.8 Å². The van der Waals surface area contributed by atoms with Crippen molar-refractivity contribution < 1.29 is 13.6 Å². The van der Waals surface area contributed by atoms with E-state index >= 15 is 0 Å². The molecule has 1 atom stereocenters. The summed E-state index contributed by atoms with van der Waals surface area (Å²) in [5.74, 6) is -0.852. The predicted molar refractivity (Wildman–Crippen MR) is 100 cm³/mol. The molecule has 3 nitrogen and oxygen atoms in total. The summed E-state index contributed by atoms with van der Waals surface area (Å²) in [4.78, 5) is 17.6. The first kappa shape index (κ1) is 18.5. The van der Waals surface area contributed by atoms with Crippen LogP contribution < -0.4 is 5.32 Å². The molecule has 0 radical (unpaired) electrons. The van der Waals surface area contributed by atoms with Gasteiger partial charge in [0.25, 0.3) is 5.91 Å². The summed E-state index contributed by atoms with van der Waals surface area (Å²) in [5.41, 5.74) is 3.55. The van der Waals surface area contributed by atoms with Crippen molar-refractivity contribution in [3.8, 4) is 0 Å². The Kier molecular flexibility index (Phi) is 6.00. The molecule has 1 amide bonds. The van der Waals surface area contributed by atoms with Gasteiger partial charge in [-0.05, 0) is 37.3 Å². The van der Waals surface area contributed by atoms with Crippen LogP contribution in [-0.2, 0) is 5.75 Å². The van der Waals surface area contributed by atoms with E-state index in [1.54, 1.807) is 47.7 Å². The molecule has 1 N–H and O–H groups in total. The van der Waals surface area contributed by atoms with E-state index in [1.807, 2.05) is 17.5 Å². The van der Waals surface area contributed by atoms with Crippen LogP contribution in [0.15, 0.2) is 58.3 Å². The van der Waals surface area contributed by atoms with Crippen LogP contribution in [-0.4, -0.2) is 10.9 Å². The second-order valence-corrected chi connectivity index (χ2v) is 7.42. The average Bonchev–Trinajstić information content (AvgIpc) is 3.13. The number of nitrogens with zero attached hydrogens (tertiary/aromatic N) is 1. The maximum Gasteiger partial charge on any atom is 0.251 e. The smallest absolute Gasteiger partial charge is 0.251 e. The van der Waals surface area contributed by atoms with Crippen molar-refractivity contribution in [2.45, 2.75) is 23.6 Å². The first-order chi connectivity index (χ1) is 12.5. The Balaban J connectivity index is 1.60. The van der Waals surface area contributed by atoms with Gasteiger partial charge in [-0.1, -0.05) is 6.07 Å². The average molecular weight is 390 g/mol. The zero-order valence-electron chi connectivity index (χ0n) is 13.9. The van der Waals surface area contributed by atoms with Crippen molar-refractivity contribution in [3.63, 3.8) is 0 Å². The molecule has 0 saturated heterocycles. The van der Waals surface area contributed by atoms with Gasteiger partial charge in [0, 0.05) is 33.2 Å². The van der Waals surface area contributed by atoms with Crippen LogP contribution in [0.5, 0.6) is 0 Å². The standard InChI is InChI=1S/C19H16F2N2OS2/c1-12(17-7-4-14(20)8-18(17)21)23-19(24)13-2-5-16(6-3-13)26-10-15-9-25-11-22-15/h2-9,11-12H,10H2,1H3,(H,23,24). The van der Waals surface area contributed by atoms with E-state index in [1.165, 1.54) is 12.1 Å². The Bertz CT molecular complexity index is 883. The summed E-state index contributed by atoms with van der Waals surface area (Å²) < 4.78 is 26.8. The molecule has 0 saturated carbocycles. The third-order valence-electron chi connectivity index (χ3n) is 3.76. The molecule has 2 aromatic carbocycles. The van der Waals surface area contributed by atoms with Crippen LogP contribution in [0.2, 0.25) is 0 Å². The zero-order valence-corrected chi connectivity index (χ0v) is 15.5. The lowest BCUT2D eigenvalue weighted by Crippen LogP contribution is -2.27. The molecule has 0 bridgehead atoms. The summed E-state index contributed by atoms with van der Waals surface area (Å²) >= 11 is 3.20. The van der Waals surface area contributed by atoms with Crippen molar-refractivity contribution in [2.24, 2.45) is 0 Å². The first-order valence-corrected chi connectivity index (χ1v) is 9.81. The number of halogens is 2. The van der Waals surface area contributed by atoms with Gasteiger partial charge in [-0.3, -0.25) is 4.79 Å². The molecular weight excluding hydrogens is 374 g/mol. The lowest BCUT2D eigenvalue weighted by atomic mass is 10.1. The maximum absolute atomic E-state index is 13.8. The molecule has 0 aliphatic rings. The number of hydrogen-bond acceptors (Lipinski definition) is 4. The molecule has 0 fully saturated rings. The van der Waals surface area contributed by atoms with Gasteiger partial charge in [0.1, 0.15) is 11.6 Å². The van der Waals surface area contributed by atoms with Crippen molar-refractivity contribution in [3.05, 3.63) is 81.8 Å². The van der Waals surface area contributed by atoms with Gasteiger partial charge in [0.15, 0.2) is 0 Å². The lowest BCUT2D eigenvalue weighted by molar-refractivity contribution is 0.0939. The summed E-state index contributed by atoms with van der Waals surface area (Å²) in [7, 11) is 0. The molecule has 1 aromatic heterocycles. The molecule has 1 heterocycles. The number of thioether (sulfide) groups is 1. The van der Waals surface area contributed by atoms with Crippen LogP contribution in [0.1, 0.15) is 34.6 Å². The Morgan fingerprint density at radius 3 is 2.65 bits per heavy atom. The van der Waals surface area contributed by atoms with E-state index in [0.29, 0.717) is 5.56 Å². The molecule has 0 spiro atoms. The fourth-order valence-electron chi connectivity index (χ4n) is 2.38. The third-order valence-corrected chi connectivity index (χ3v) is 5.44. The van der Waals surface area contributed by atoms with Crippen LogP contribution in [0.25, 0.3) is 0 Å². The minimum Gasteiger partial charge on any atom is -0.345 e. The molecule has 1 unspecified atom stereocenters. The molecule has 3 rings (SSSR count). The van der Waals surface area contributed by atoms with Gasteiger partial charge < -0.3 is 5.32 Å². The van der Waals surface area contributed by atoms with Gasteiger partial charge in [-0.2, -0.15) is 0 Å². The quantitative estimate of drug-likeness (QED) is 0.588. The van der Waals surface area contributed by atoms with Crippen LogP contribution in [0.4, 0.5) is 8.78 Å². The molecule has 134 valence electrons. The van der Waals surface area contributed by atoms with Crippen LogP contribution >= 0.6 is 23.1 Å².